The normalized spacial score (nSPS) is 10.8. The lowest BCUT2D eigenvalue weighted by atomic mass is 10.1. The molecule has 1 N–H and O–H groups in total. The molecule has 0 saturated carbocycles. The number of rotatable bonds is 6. The van der Waals surface area contributed by atoms with Crippen molar-refractivity contribution in [3.05, 3.63) is 88.7 Å². The van der Waals surface area contributed by atoms with Crippen molar-refractivity contribution in [2.45, 2.75) is 6.42 Å². The molecule has 0 bridgehead atoms. The summed E-state index contributed by atoms with van der Waals surface area (Å²) in [7, 11) is 0. The van der Waals surface area contributed by atoms with E-state index in [9.17, 15) is 10.1 Å². The maximum atomic E-state index is 10.7. The number of non-ortho nitro benzene ring substituents is 1. The summed E-state index contributed by atoms with van der Waals surface area (Å²) in [5, 5.41) is 18.7. The van der Waals surface area contributed by atoms with Gasteiger partial charge in [0.1, 0.15) is 5.52 Å². The second kappa shape index (κ2) is 7.25. The van der Waals surface area contributed by atoms with Crippen LogP contribution in [0.3, 0.4) is 0 Å². The van der Waals surface area contributed by atoms with E-state index in [2.05, 4.69) is 15.4 Å². The van der Waals surface area contributed by atoms with E-state index in [0.29, 0.717) is 6.54 Å². The van der Waals surface area contributed by atoms with Crippen LogP contribution in [0.5, 0.6) is 0 Å². The lowest BCUT2D eigenvalue weighted by Crippen LogP contribution is -2.07. The number of aromatic nitrogens is 3. The summed E-state index contributed by atoms with van der Waals surface area (Å²) in [6, 6.07) is 18.6. The maximum Gasteiger partial charge on any atom is 0.269 e. The summed E-state index contributed by atoms with van der Waals surface area (Å²) < 4.78 is 1.81. The Hall–Kier alpha value is -3.74. The first-order valence-corrected chi connectivity index (χ1v) is 8.58. The highest BCUT2D eigenvalue weighted by Crippen LogP contribution is 2.22. The minimum absolute atomic E-state index is 0.103. The van der Waals surface area contributed by atoms with E-state index in [4.69, 9.17) is 0 Å². The molecule has 0 spiro atoms. The van der Waals surface area contributed by atoms with Gasteiger partial charge >= 0.3 is 0 Å². The SMILES string of the molecule is O=[N+]([O-])c1ccc(CCNc2nccn3nc(-c4ccccc4)cc23)cc1. The zero-order valence-electron chi connectivity index (χ0n) is 14.4. The van der Waals surface area contributed by atoms with Crippen molar-refractivity contribution in [3.8, 4) is 11.3 Å². The minimum Gasteiger partial charge on any atom is -0.368 e. The molecule has 0 saturated heterocycles. The molecular formula is C20H17N5O2. The zero-order chi connectivity index (χ0) is 18.6. The molecule has 27 heavy (non-hydrogen) atoms. The van der Waals surface area contributed by atoms with Gasteiger partial charge in [0.25, 0.3) is 5.69 Å². The summed E-state index contributed by atoms with van der Waals surface area (Å²) >= 11 is 0. The standard InChI is InChI=1S/C20H17N5O2/c26-25(27)17-8-6-15(7-9-17)10-11-21-20-19-14-18(16-4-2-1-3-5-16)23-24(19)13-12-22-20/h1-9,12-14H,10-11H2,(H,21,22). The van der Waals surface area contributed by atoms with Gasteiger partial charge in [-0.1, -0.05) is 42.5 Å². The quantitative estimate of drug-likeness (QED) is 0.416. The van der Waals surface area contributed by atoms with Gasteiger partial charge in [-0.25, -0.2) is 9.50 Å². The molecule has 0 fully saturated rings. The van der Waals surface area contributed by atoms with Crippen LogP contribution in [0.4, 0.5) is 11.5 Å². The number of nitrogens with zero attached hydrogens (tertiary/aromatic N) is 4. The van der Waals surface area contributed by atoms with Crippen molar-refractivity contribution >= 4 is 17.0 Å². The van der Waals surface area contributed by atoms with Gasteiger partial charge in [-0.2, -0.15) is 5.10 Å². The Balaban J connectivity index is 1.49. The molecule has 134 valence electrons. The van der Waals surface area contributed by atoms with Crippen LogP contribution in [0.2, 0.25) is 0 Å². The topological polar surface area (TPSA) is 85.4 Å². The molecule has 2 aromatic carbocycles. The molecule has 0 amide bonds. The van der Waals surface area contributed by atoms with Gasteiger partial charge in [-0.05, 0) is 18.1 Å². The Labute approximate surface area is 155 Å². The first kappa shape index (κ1) is 16.7. The Bertz CT molecular complexity index is 1070. The molecule has 0 radical (unpaired) electrons. The molecule has 0 unspecified atom stereocenters. The predicted molar refractivity (Wildman–Crippen MR) is 104 cm³/mol. The van der Waals surface area contributed by atoms with E-state index >= 15 is 0 Å². The summed E-state index contributed by atoms with van der Waals surface area (Å²) in [6.07, 6.45) is 4.27. The van der Waals surface area contributed by atoms with Gasteiger partial charge in [-0.15, -0.1) is 0 Å². The van der Waals surface area contributed by atoms with E-state index in [1.807, 2.05) is 47.1 Å². The van der Waals surface area contributed by atoms with Gasteiger partial charge < -0.3 is 5.32 Å². The van der Waals surface area contributed by atoms with Crippen molar-refractivity contribution in [3.63, 3.8) is 0 Å². The zero-order valence-corrected chi connectivity index (χ0v) is 14.4. The van der Waals surface area contributed by atoms with Gasteiger partial charge in [0, 0.05) is 36.6 Å². The molecule has 4 rings (SSSR count). The lowest BCUT2D eigenvalue weighted by molar-refractivity contribution is -0.384. The largest absolute Gasteiger partial charge is 0.368 e. The Morgan fingerprint density at radius 1 is 1.07 bits per heavy atom. The van der Waals surface area contributed by atoms with Crippen molar-refractivity contribution in [2.24, 2.45) is 0 Å². The molecule has 0 aliphatic heterocycles. The number of benzene rings is 2. The number of hydrogen-bond donors (Lipinski definition) is 1. The van der Waals surface area contributed by atoms with Crippen LogP contribution in [-0.4, -0.2) is 26.1 Å². The van der Waals surface area contributed by atoms with E-state index in [1.54, 1.807) is 18.3 Å². The number of nitrogens with one attached hydrogen (secondary N) is 1. The molecule has 4 aromatic rings. The maximum absolute atomic E-state index is 10.7. The van der Waals surface area contributed by atoms with Crippen LogP contribution in [0.15, 0.2) is 73.1 Å². The minimum atomic E-state index is -0.392. The average Bonchev–Trinajstić information content (AvgIpc) is 3.14. The molecule has 7 heteroatoms. The van der Waals surface area contributed by atoms with Crippen molar-refractivity contribution in [1.29, 1.82) is 0 Å². The summed E-state index contributed by atoms with van der Waals surface area (Å²) in [5.41, 5.74) is 3.98. The fraction of sp³-hybridized carbons (Fsp3) is 0.100. The van der Waals surface area contributed by atoms with Crippen LogP contribution < -0.4 is 5.32 Å². The fourth-order valence-electron chi connectivity index (χ4n) is 2.92. The van der Waals surface area contributed by atoms with Gasteiger partial charge in [-0.3, -0.25) is 10.1 Å². The van der Waals surface area contributed by atoms with Crippen LogP contribution in [-0.2, 0) is 6.42 Å². The smallest absolute Gasteiger partial charge is 0.269 e. The van der Waals surface area contributed by atoms with Crippen LogP contribution in [0.1, 0.15) is 5.56 Å². The van der Waals surface area contributed by atoms with Crippen LogP contribution in [0.25, 0.3) is 16.8 Å². The highest BCUT2D eigenvalue weighted by Gasteiger charge is 2.09. The molecule has 0 aliphatic rings. The monoisotopic (exact) mass is 359 g/mol. The number of fused-ring (bicyclic) bond motifs is 1. The van der Waals surface area contributed by atoms with Crippen molar-refractivity contribution in [2.75, 3.05) is 11.9 Å². The van der Waals surface area contributed by atoms with E-state index in [-0.39, 0.29) is 5.69 Å². The number of nitro benzene ring substituents is 1. The Morgan fingerprint density at radius 2 is 1.85 bits per heavy atom. The van der Waals surface area contributed by atoms with E-state index in [1.165, 1.54) is 12.1 Å². The highest BCUT2D eigenvalue weighted by atomic mass is 16.6. The van der Waals surface area contributed by atoms with Crippen LogP contribution in [0, 0.1) is 10.1 Å². The second-order valence-electron chi connectivity index (χ2n) is 6.10. The summed E-state index contributed by atoms with van der Waals surface area (Å²) in [4.78, 5) is 14.7. The third-order valence-corrected chi connectivity index (χ3v) is 4.31. The molecule has 2 heterocycles. The summed E-state index contributed by atoms with van der Waals surface area (Å²) in [5.74, 6) is 0.758. The highest BCUT2D eigenvalue weighted by molar-refractivity contribution is 5.74. The molecular weight excluding hydrogens is 342 g/mol. The predicted octanol–water partition coefficient (Wildman–Crippen LogP) is 3.96. The molecule has 7 nitrogen and oxygen atoms in total. The molecule has 0 atom stereocenters. The lowest BCUT2D eigenvalue weighted by Gasteiger charge is -2.06. The first-order valence-electron chi connectivity index (χ1n) is 8.58. The molecule has 0 aliphatic carbocycles. The van der Waals surface area contributed by atoms with E-state index < -0.39 is 4.92 Å². The third-order valence-electron chi connectivity index (χ3n) is 4.31. The number of nitro groups is 1. The van der Waals surface area contributed by atoms with Gasteiger partial charge in [0.05, 0.1) is 10.6 Å². The number of anilines is 1. The molecule has 2 aromatic heterocycles. The van der Waals surface area contributed by atoms with Crippen molar-refractivity contribution in [1.82, 2.24) is 14.6 Å². The summed E-state index contributed by atoms with van der Waals surface area (Å²) in [6.45, 7) is 0.663. The Morgan fingerprint density at radius 3 is 2.59 bits per heavy atom. The van der Waals surface area contributed by atoms with E-state index in [0.717, 1.165) is 34.6 Å². The first-order chi connectivity index (χ1) is 13.2. The van der Waals surface area contributed by atoms with Crippen LogP contribution >= 0.6 is 0 Å². The van der Waals surface area contributed by atoms with Gasteiger partial charge in [0.15, 0.2) is 5.82 Å². The van der Waals surface area contributed by atoms with Gasteiger partial charge in [0.2, 0.25) is 0 Å². The number of hydrogen-bond acceptors (Lipinski definition) is 5. The van der Waals surface area contributed by atoms with Crippen molar-refractivity contribution < 1.29 is 4.92 Å². The second-order valence-corrected chi connectivity index (χ2v) is 6.10. The fourth-order valence-corrected chi connectivity index (χ4v) is 2.92. The Kier molecular flexibility index (Phi) is 4.49. The average molecular weight is 359 g/mol. The third kappa shape index (κ3) is 3.62.